The van der Waals surface area contributed by atoms with Crippen molar-refractivity contribution < 1.29 is 9.90 Å². The Morgan fingerprint density at radius 2 is 2.17 bits per heavy atom. The summed E-state index contributed by atoms with van der Waals surface area (Å²) >= 11 is 0. The number of rotatable bonds is 5. The number of aliphatic hydroxyl groups is 1. The lowest BCUT2D eigenvalue weighted by Gasteiger charge is -2.19. The van der Waals surface area contributed by atoms with Gasteiger partial charge < -0.3 is 16.2 Å². The van der Waals surface area contributed by atoms with Gasteiger partial charge in [-0.3, -0.25) is 4.79 Å². The summed E-state index contributed by atoms with van der Waals surface area (Å²) in [4.78, 5) is 11.0. The van der Waals surface area contributed by atoms with Crippen molar-refractivity contribution in [3.05, 3.63) is 0 Å². The minimum Gasteiger partial charge on any atom is -0.394 e. The summed E-state index contributed by atoms with van der Waals surface area (Å²) in [5, 5.41) is 11.6. The van der Waals surface area contributed by atoms with Gasteiger partial charge in [-0.2, -0.15) is 0 Å². The molecule has 72 valence electrons. The molecule has 1 amide bonds. The fourth-order valence-electron chi connectivity index (χ4n) is 0.833. The number of nitrogens with two attached hydrogens (primary N) is 1. The second-order valence-corrected chi connectivity index (χ2v) is 3.14. The highest BCUT2D eigenvalue weighted by atomic mass is 16.3. The molecule has 1 unspecified atom stereocenters. The molecule has 4 heteroatoms. The Bertz CT molecular complexity index is 137. The molecule has 0 fully saturated rings. The van der Waals surface area contributed by atoms with Crippen LogP contribution in [0.5, 0.6) is 0 Å². The quantitative estimate of drug-likeness (QED) is 0.524. The molecule has 0 aromatic carbocycles. The lowest BCUT2D eigenvalue weighted by Crippen LogP contribution is -2.41. The number of hydrogen-bond acceptors (Lipinski definition) is 3. The number of nitrogens with one attached hydrogen (secondary N) is 1. The Labute approximate surface area is 73.1 Å². The first kappa shape index (κ1) is 11.4. The summed E-state index contributed by atoms with van der Waals surface area (Å²) in [7, 11) is 0. The summed E-state index contributed by atoms with van der Waals surface area (Å²) in [6.07, 6.45) is 0.323. The van der Waals surface area contributed by atoms with E-state index < -0.39 is 0 Å². The molecular weight excluding hydrogens is 156 g/mol. The van der Waals surface area contributed by atoms with E-state index in [4.69, 9.17) is 10.8 Å². The molecule has 0 heterocycles. The van der Waals surface area contributed by atoms with Crippen molar-refractivity contribution in [2.45, 2.75) is 26.3 Å². The van der Waals surface area contributed by atoms with E-state index in [0.29, 0.717) is 13.0 Å². The lowest BCUT2D eigenvalue weighted by atomic mass is 10.1. The van der Waals surface area contributed by atoms with Gasteiger partial charge in [0.15, 0.2) is 0 Å². The Kier molecular flexibility index (Phi) is 5.66. The van der Waals surface area contributed by atoms with Crippen molar-refractivity contribution in [1.29, 1.82) is 0 Å². The zero-order chi connectivity index (χ0) is 9.56. The van der Waals surface area contributed by atoms with Gasteiger partial charge >= 0.3 is 0 Å². The minimum atomic E-state index is -0.149. The van der Waals surface area contributed by atoms with Gasteiger partial charge in [-0.05, 0) is 5.92 Å². The van der Waals surface area contributed by atoms with Gasteiger partial charge in [0.2, 0.25) is 5.91 Å². The summed E-state index contributed by atoms with van der Waals surface area (Å²) in [5.74, 6) is 0.155. The fourth-order valence-corrected chi connectivity index (χ4v) is 0.833. The largest absolute Gasteiger partial charge is 0.394 e. The SMILES string of the molecule is CC(C)C(CO)NC(=O)CCN. The van der Waals surface area contributed by atoms with Crippen LogP contribution in [0.25, 0.3) is 0 Å². The maximum absolute atomic E-state index is 11.0. The molecule has 4 nitrogen and oxygen atoms in total. The van der Waals surface area contributed by atoms with E-state index in [2.05, 4.69) is 5.32 Å². The Morgan fingerprint density at radius 1 is 1.58 bits per heavy atom. The minimum absolute atomic E-state index is 0.0199. The van der Waals surface area contributed by atoms with Crippen molar-refractivity contribution in [1.82, 2.24) is 5.32 Å². The van der Waals surface area contributed by atoms with Crippen LogP contribution >= 0.6 is 0 Å². The summed E-state index contributed by atoms with van der Waals surface area (Å²) < 4.78 is 0. The maximum Gasteiger partial charge on any atom is 0.221 e. The lowest BCUT2D eigenvalue weighted by molar-refractivity contribution is -0.122. The van der Waals surface area contributed by atoms with E-state index >= 15 is 0 Å². The van der Waals surface area contributed by atoms with Crippen LogP contribution in [0.1, 0.15) is 20.3 Å². The molecule has 0 rings (SSSR count). The smallest absolute Gasteiger partial charge is 0.221 e. The molecule has 1 atom stereocenters. The van der Waals surface area contributed by atoms with Crippen molar-refractivity contribution in [3.8, 4) is 0 Å². The molecule has 0 spiro atoms. The summed E-state index contributed by atoms with van der Waals surface area (Å²) in [6.45, 7) is 4.23. The predicted molar refractivity (Wildman–Crippen MR) is 47.5 cm³/mol. The second kappa shape index (κ2) is 5.97. The van der Waals surface area contributed by atoms with Crippen molar-refractivity contribution in [2.75, 3.05) is 13.2 Å². The number of amides is 1. The van der Waals surface area contributed by atoms with Crippen LogP contribution in [0.4, 0.5) is 0 Å². The predicted octanol–water partition coefficient (Wildman–Crippen LogP) is -0.532. The Hall–Kier alpha value is -0.610. The first-order chi connectivity index (χ1) is 5.61. The molecule has 0 radical (unpaired) electrons. The molecule has 4 N–H and O–H groups in total. The third-order valence-corrected chi connectivity index (χ3v) is 1.72. The third-order valence-electron chi connectivity index (χ3n) is 1.72. The average Bonchev–Trinajstić information content (AvgIpc) is 2.00. The van der Waals surface area contributed by atoms with E-state index in [1.165, 1.54) is 0 Å². The van der Waals surface area contributed by atoms with Crippen LogP contribution in [0, 0.1) is 5.92 Å². The van der Waals surface area contributed by atoms with Crippen LogP contribution in [-0.2, 0) is 4.79 Å². The molecule has 0 saturated carbocycles. The van der Waals surface area contributed by atoms with E-state index in [1.54, 1.807) is 0 Å². The van der Waals surface area contributed by atoms with Crippen LogP contribution < -0.4 is 11.1 Å². The number of hydrogen-bond donors (Lipinski definition) is 3. The van der Waals surface area contributed by atoms with Gasteiger partial charge in [-0.25, -0.2) is 0 Å². The fraction of sp³-hybridized carbons (Fsp3) is 0.875. The highest BCUT2D eigenvalue weighted by Gasteiger charge is 2.13. The summed E-state index contributed by atoms with van der Waals surface area (Å²) in [6, 6.07) is -0.149. The normalized spacial score (nSPS) is 13.1. The number of carbonyl (C=O) groups excluding carboxylic acids is 1. The molecule has 12 heavy (non-hydrogen) atoms. The first-order valence-electron chi connectivity index (χ1n) is 4.22. The van der Waals surface area contributed by atoms with Gasteiger partial charge in [0.25, 0.3) is 0 Å². The van der Waals surface area contributed by atoms with Crippen LogP contribution in [0.3, 0.4) is 0 Å². The van der Waals surface area contributed by atoms with E-state index in [0.717, 1.165) is 0 Å². The van der Waals surface area contributed by atoms with Crippen molar-refractivity contribution >= 4 is 5.91 Å². The van der Waals surface area contributed by atoms with Crippen LogP contribution in [0.2, 0.25) is 0 Å². The highest BCUT2D eigenvalue weighted by Crippen LogP contribution is 2.00. The van der Waals surface area contributed by atoms with E-state index in [-0.39, 0.29) is 24.5 Å². The highest BCUT2D eigenvalue weighted by molar-refractivity contribution is 5.76. The summed E-state index contributed by atoms with van der Waals surface area (Å²) in [5.41, 5.74) is 5.20. The molecule has 0 aliphatic rings. The van der Waals surface area contributed by atoms with Crippen molar-refractivity contribution in [2.24, 2.45) is 11.7 Å². The van der Waals surface area contributed by atoms with Gasteiger partial charge in [0, 0.05) is 13.0 Å². The molecule has 0 bridgehead atoms. The monoisotopic (exact) mass is 174 g/mol. The van der Waals surface area contributed by atoms with E-state index in [9.17, 15) is 4.79 Å². The van der Waals surface area contributed by atoms with Gasteiger partial charge in [0.05, 0.1) is 12.6 Å². The van der Waals surface area contributed by atoms with Gasteiger partial charge in [-0.1, -0.05) is 13.8 Å². The zero-order valence-electron chi connectivity index (χ0n) is 7.71. The molecule has 0 aliphatic heterocycles. The number of carbonyl (C=O) groups is 1. The Balaban J connectivity index is 3.77. The van der Waals surface area contributed by atoms with Crippen molar-refractivity contribution in [3.63, 3.8) is 0 Å². The average molecular weight is 174 g/mol. The molecule has 0 aromatic heterocycles. The third kappa shape index (κ3) is 4.31. The zero-order valence-corrected chi connectivity index (χ0v) is 7.71. The van der Waals surface area contributed by atoms with Crippen LogP contribution in [0.15, 0.2) is 0 Å². The second-order valence-electron chi connectivity index (χ2n) is 3.14. The standard InChI is InChI=1S/C8H18N2O2/c1-6(2)7(5-11)10-8(12)3-4-9/h6-7,11H,3-5,9H2,1-2H3,(H,10,12). The topological polar surface area (TPSA) is 75.3 Å². The van der Waals surface area contributed by atoms with E-state index in [1.807, 2.05) is 13.8 Å². The molecule has 0 aliphatic carbocycles. The molecular formula is C8H18N2O2. The van der Waals surface area contributed by atoms with Gasteiger partial charge in [0.1, 0.15) is 0 Å². The maximum atomic E-state index is 11.0. The first-order valence-corrected chi connectivity index (χ1v) is 4.22. The van der Waals surface area contributed by atoms with Gasteiger partial charge in [-0.15, -0.1) is 0 Å². The molecule has 0 saturated heterocycles. The number of aliphatic hydroxyl groups excluding tert-OH is 1. The Morgan fingerprint density at radius 3 is 2.50 bits per heavy atom. The van der Waals surface area contributed by atoms with Crippen LogP contribution in [-0.4, -0.2) is 30.2 Å². The molecule has 0 aromatic rings.